The van der Waals surface area contributed by atoms with E-state index in [0.717, 1.165) is 28.8 Å². The van der Waals surface area contributed by atoms with Gasteiger partial charge in [-0.2, -0.15) is 0 Å². The number of ketones is 1. The number of halogens is 1. The maximum Gasteiger partial charge on any atom is 0.304 e. The number of carboxylic acids is 1. The Kier molecular flexibility index (Phi) is 7.75. The van der Waals surface area contributed by atoms with Crippen molar-refractivity contribution in [3.63, 3.8) is 0 Å². The molecule has 1 saturated heterocycles. The first-order valence-electron chi connectivity index (χ1n) is 9.22. The summed E-state index contributed by atoms with van der Waals surface area (Å²) in [6.07, 6.45) is 0.0348. The number of aliphatic carboxylic acids is 1. The van der Waals surface area contributed by atoms with Crippen molar-refractivity contribution in [2.24, 2.45) is 0 Å². The van der Waals surface area contributed by atoms with E-state index in [1.165, 1.54) is 0 Å². The van der Waals surface area contributed by atoms with Crippen molar-refractivity contribution in [3.05, 3.63) is 70.3 Å². The van der Waals surface area contributed by atoms with E-state index in [-0.39, 0.29) is 30.7 Å². The Labute approximate surface area is 171 Å². The van der Waals surface area contributed by atoms with Crippen LogP contribution in [0.25, 0.3) is 0 Å². The molecule has 0 spiro atoms. The lowest BCUT2D eigenvalue weighted by Crippen LogP contribution is -2.39. The summed E-state index contributed by atoms with van der Waals surface area (Å²) in [5.74, 6) is -0.753. The summed E-state index contributed by atoms with van der Waals surface area (Å²) in [7, 11) is 0. The molecule has 6 heteroatoms. The fourth-order valence-corrected chi connectivity index (χ4v) is 3.53. The largest absolute Gasteiger partial charge is 0.481 e. The van der Waals surface area contributed by atoms with Crippen molar-refractivity contribution in [3.8, 4) is 0 Å². The molecule has 0 radical (unpaired) electrons. The lowest BCUT2D eigenvalue weighted by molar-refractivity contribution is -0.137. The first kappa shape index (κ1) is 22.1. The topological polar surface area (TPSA) is 66.8 Å². The van der Waals surface area contributed by atoms with Crippen molar-refractivity contribution < 1.29 is 19.4 Å². The van der Waals surface area contributed by atoms with Crippen LogP contribution in [0.4, 0.5) is 0 Å². The lowest BCUT2D eigenvalue weighted by atomic mass is 9.94. The summed E-state index contributed by atoms with van der Waals surface area (Å²) in [5.41, 5.74) is 4.39. The van der Waals surface area contributed by atoms with Gasteiger partial charge in [-0.1, -0.05) is 42.5 Å². The minimum Gasteiger partial charge on any atom is -0.481 e. The van der Waals surface area contributed by atoms with Gasteiger partial charge in [-0.3, -0.25) is 14.5 Å². The molecule has 1 atom stereocenters. The van der Waals surface area contributed by atoms with Crippen LogP contribution in [0, 0.1) is 13.8 Å². The zero-order chi connectivity index (χ0) is 19.4. The monoisotopic (exact) mass is 403 g/mol. The standard InChI is InChI=1S/C22H25NO4.ClH/c1-15-4-3-5-16(2)21(15)22(26)18-8-6-17(7-9-18)19-14-23(12-13-27-19)11-10-20(24)25;/h3-9,19H,10-14H2,1-2H3,(H,24,25);1H. The van der Waals surface area contributed by atoms with Crippen LogP contribution in [0.5, 0.6) is 0 Å². The summed E-state index contributed by atoms with van der Waals surface area (Å²) in [6, 6.07) is 13.4. The number of carbonyl (C=O) groups is 2. The van der Waals surface area contributed by atoms with Crippen LogP contribution >= 0.6 is 12.4 Å². The first-order chi connectivity index (χ1) is 13.0. The fourth-order valence-electron chi connectivity index (χ4n) is 3.53. The molecule has 0 saturated carbocycles. The van der Waals surface area contributed by atoms with Crippen LogP contribution in [0.3, 0.4) is 0 Å². The third-order valence-corrected chi connectivity index (χ3v) is 5.05. The molecule has 1 aliphatic heterocycles. The number of carboxylic acid groups (broad SMARTS) is 1. The zero-order valence-corrected chi connectivity index (χ0v) is 17.0. The molecule has 2 aromatic rings. The van der Waals surface area contributed by atoms with E-state index in [2.05, 4.69) is 4.90 Å². The maximum atomic E-state index is 12.9. The highest BCUT2D eigenvalue weighted by Crippen LogP contribution is 2.24. The van der Waals surface area contributed by atoms with Gasteiger partial charge < -0.3 is 9.84 Å². The summed E-state index contributed by atoms with van der Waals surface area (Å²) >= 11 is 0. The number of morpholine rings is 1. The van der Waals surface area contributed by atoms with E-state index >= 15 is 0 Å². The molecule has 0 bridgehead atoms. The third-order valence-electron chi connectivity index (χ3n) is 5.05. The lowest BCUT2D eigenvalue weighted by Gasteiger charge is -2.32. The molecule has 5 nitrogen and oxygen atoms in total. The van der Waals surface area contributed by atoms with E-state index in [1.807, 2.05) is 56.3 Å². The summed E-state index contributed by atoms with van der Waals surface area (Å²) in [6.45, 7) is 6.42. The molecule has 150 valence electrons. The smallest absolute Gasteiger partial charge is 0.304 e. The van der Waals surface area contributed by atoms with Gasteiger partial charge in [-0.15, -0.1) is 12.4 Å². The predicted molar refractivity (Wildman–Crippen MR) is 110 cm³/mol. The van der Waals surface area contributed by atoms with E-state index in [1.54, 1.807) is 0 Å². The molecule has 1 N–H and O–H groups in total. The van der Waals surface area contributed by atoms with Crippen LogP contribution in [0.2, 0.25) is 0 Å². The Hall–Kier alpha value is -2.21. The van der Waals surface area contributed by atoms with E-state index in [9.17, 15) is 9.59 Å². The van der Waals surface area contributed by atoms with Gasteiger partial charge in [0.25, 0.3) is 0 Å². The minimum atomic E-state index is -0.785. The molecule has 1 fully saturated rings. The van der Waals surface area contributed by atoms with Gasteiger partial charge in [0.2, 0.25) is 0 Å². The number of rotatable bonds is 6. The highest BCUT2D eigenvalue weighted by molar-refractivity contribution is 6.10. The van der Waals surface area contributed by atoms with Gasteiger partial charge in [0.15, 0.2) is 5.78 Å². The molecule has 1 heterocycles. The SMILES string of the molecule is Cc1cccc(C)c1C(=O)c1ccc(C2CN(CCC(=O)O)CCO2)cc1.Cl. The molecule has 0 aromatic heterocycles. The van der Waals surface area contributed by atoms with Crippen molar-refractivity contribution in [1.29, 1.82) is 0 Å². The molecule has 1 aliphatic rings. The molecule has 28 heavy (non-hydrogen) atoms. The summed E-state index contributed by atoms with van der Waals surface area (Å²) < 4.78 is 5.85. The molecular formula is C22H26ClNO4. The normalized spacial score (nSPS) is 17.0. The quantitative estimate of drug-likeness (QED) is 0.743. The number of carbonyl (C=O) groups excluding carboxylic acids is 1. The summed E-state index contributed by atoms with van der Waals surface area (Å²) in [4.78, 5) is 25.8. The van der Waals surface area contributed by atoms with E-state index < -0.39 is 5.97 Å². The van der Waals surface area contributed by atoms with Crippen molar-refractivity contribution in [2.45, 2.75) is 26.4 Å². The van der Waals surface area contributed by atoms with Gasteiger partial charge in [-0.25, -0.2) is 0 Å². The number of hydrogen-bond acceptors (Lipinski definition) is 4. The predicted octanol–water partition coefficient (Wildman–Crippen LogP) is 3.80. The molecule has 0 amide bonds. The Morgan fingerprint density at radius 3 is 2.36 bits per heavy atom. The van der Waals surface area contributed by atoms with Crippen LogP contribution < -0.4 is 0 Å². The number of hydrogen-bond donors (Lipinski definition) is 1. The zero-order valence-electron chi connectivity index (χ0n) is 16.2. The average Bonchev–Trinajstić information content (AvgIpc) is 2.66. The Bertz CT molecular complexity index is 815. The van der Waals surface area contributed by atoms with Gasteiger partial charge >= 0.3 is 5.97 Å². The fraction of sp³-hybridized carbons (Fsp3) is 0.364. The Balaban J connectivity index is 0.00000280. The van der Waals surface area contributed by atoms with Crippen LogP contribution in [0.1, 0.15) is 45.1 Å². The van der Waals surface area contributed by atoms with Crippen LogP contribution in [0.15, 0.2) is 42.5 Å². The van der Waals surface area contributed by atoms with Gasteiger partial charge in [0.05, 0.1) is 19.1 Å². The Morgan fingerprint density at radius 2 is 1.75 bits per heavy atom. The molecule has 2 aromatic carbocycles. The second-order valence-corrected chi connectivity index (χ2v) is 7.02. The van der Waals surface area contributed by atoms with Crippen molar-refractivity contribution in [2.75, 3.05) is 26.2 Å². The van der Waals surface area contributed by atoms with Gasteiger partial charge in [-0.05, 0) is 30.5 Å². The highest BCUT2D eigenvalue weighted by Gasteiger charge is 2.23. The highest BCUT2D eigenvalue weighted by atomic mass is 35.5. The van der Waals surface area contributed by atoms with Crippen molar-refractivity contribution >= 4 is 24.2 Å². The van der Waals surface area contributed by atoms with Crippen molar-refractivity contribution in [1.82, 2.24) is 4.90 Å². The number of ether oxygens (including phenoxy) is 1. The molecular weight excluding hydrogens is 378 g/mol. The van der Waals surface area contributed by atoms with E-state index in [4.69, 9.17) is 9.84 Å². The number of nitrogens with zero attached hydrogens (tertiary/aromatic N) is 1. The minimum absolute atomic E-state index is 0. The van der Waals surface area contributed by atoms with Gasteiger partial charge in [0, 0.05) is 30.8 Å². The summed E-state index contributed by atoms with van der Waals surface area (Å²) in [5, 5.41) is 8.85. The second kappa shape index (κ2) is 9.82. The maximum absolute atomic E-state index is 12.9. The molecule has 0 aliphatic carbocycles. The second-order valence-electron chi connectivity index (χ2n) is 7.02. The average molecular weight is 404 g/mol. The molecule has 1 unspecified atom stereocenters. The third kappa shape index (κ3) is 5.19. The first-order valence-corrected chi connectivity index (χ1v) is 9.22. The number of aryl methyl sites for hydroxylation is 2. The van der Waals surface area contributed by atoms with Gasteiger partial charge in [0.1, 0.15) is 0 Å². The van der Waals surface area contributed by atoms with Crippen LogP contribution in [-0.4, -0.2) is 48.0 Å². The number of benzene rings is 2. The Morgan fingerprint density at radius 1 is 1.11 bits per heavy atom. The van der Waals surface area contributed by atoms with E-state index in [0.29, 0.717) is 25.3 Å². The van der Waals surface area contributed by atoms with Crippen LogP contribution in [-0.2, 0) is 9.53 Å². The molecule has 3 rings (SSSR count).